The molecule has 2 N–H and O–H groups in total. The minimum Gasteiger partial charge on any atom is -0.338 e. The van der Waals surface area contributed by atoms with Gasteiger partial charge in [-0.25, -0.2) is 0 Å². The van der Waals surface area contributed by atoms with Crippen molar-refractivity contribution in [1.82, 2.24) is 24.9 Å². The molecule has 0 unspecified atom stereocenters. The number of hydrogen-bond donors (Lipinski definition) is 1. The number of nitrogens with zero attached hydrogens (tertiary/aromatic N) is 5. The van der Waals surface area contributed by atoms with Crippen LogP contribution in [0, 0.1) is 6.92 Å². The van der Waals surface area contributed by atoms with Crippen molar-refractivity contribution in [1.29, 1.82) is 0 Å². The minimum atomic E-state index is -0.109. The first kappa shape index (κ1) is 15.0. The van der Waals surface area contributed by atoms with E-state index in [9.17, 15) is 0 Å². The van der Waals surface area contributed by atoms with Crippen molar-refractivity contribution >= 4 is 11.8 Å². The molecule has 0 amide bonds. The molecule has 2 rings (SSSR count). The molecule has 0 aliphatic carbocycles. The maximum Gasteiger partial charge on any atom is 0.237 e. The molecule has 2 heterocycles. The Kier molecular flexibility index (Phi) is 4.44. The van der Waals surface area contributed by atoms with Crippen LogP contribution < -0.4 is 5.73 Å². The monoisotopic (exact) mass is 296 g/mol. The van der Waals surface area contributed by atoms with Gasteiger partial charge in [0.15, 0.2) is 11.0 Å². The van der Waals surface area contributed by atoms with Crippen LogP contribution in [0.5, 0.6) is 0 Å². The van der Waals surface area contributed by atoms with Crippen LogP contribution in [-0.4, -0.2) is 31.4 Å². The summed E-state index contributed by atoms with van der Waals surface area (Å²) in [5.41, 5.74) is 5.48. The summed E-state index contributed by atoms with van der Waals surface area (Å²) in [7, 11) is 0. The van der Waals surface area contributed by atoms with E-state index < -0.39 is 0 Å². The zero-order valence-electron chi connectivity index (χ0n) is 12.3. The highest BCUT2D eigenvalue weighted by molar-refractivity contribution is 7.98. The predicted molar refractivity (Wildman–Crippen MR) is 76.4 cm³/mol. The molecular weight excluding hydrogens is 276 g/mol. The number of nitrogens with two attached hydrogens (primary N) is 1. The minimum absolute atomic E-state index is 0.109. The van der Waals surface area contributed by atoms with E-state index in [1.165, 1.54) is 11.8 Å². The smallest absolute Gasteiger partial charge is 0.237 e. The lowest BCUT2D eigenvalue weighted by Gasteiger charge is -2.10. The Hall–Kier alpha value is -1.41. The van der Waals surface area contributed by atoms with Gasteiger partial charge in [0, 0.05) is 18.5 Å². The Morgan fingerprint density at radius 1 is 1.30 bits per heavy atom. The van der Waals surface area contributed by atoms with Crippen LogP contribution in [-0.2, 0) is 17.7 Å². The van der Waals surface area contributed by atoms with Crippen LogP contribution >= 0.6 is 11.8 Å². The summed E-state index contributed by atoms with van der Waals surface area (Å²) in [4.78, 5) is 4.40. The van der Waals surface area contributed by atoms with Gasteiger partial charge in [-0.1, -0.05) is 37.7 Å². The largest absolute Gasteiger partial charge is 0.338 e. The Morgan fingerprint density at radius 2 is 2.05 bits per heavy atom. The Bertz CT molecular complexity index is 571. The molecule has 0 aliphatic heterocycles. The summed E-state index contributed by atoms with van der Waals surface area (Å²) >= 11 is 1.52. The summed E-state index contributed by atoms with van der Waals surface area (Å²) in [5, 5.41) is 13.0. The van der Waals surface area contributed by atoms with Crippen molar-refractivity contribution in [2.75, 3.05) is 6.54 Å². The van der Waals surface area contributed by atoms with Gasteiger partial charge in [0.2, 0.25) is 5.89 Å². The van der Waals surface area contributed by atoms with E-state index in [0.29, 0.717) is 30.6 Å². The van der Waals surface area contributed by atoms with Crippen LogP contribution in [0.15, 0.2) is 9.68 Å². The first-order chi connectivity index (χ1) is 9.41. The fraction of sp³-hybridized carbons (Fsp3) is 0.667. The van der Waals surface area contributed by atoms with Crippen LogP contribution in [0.25, 0.3) is 0 Å². The zero-order chi connectivity index (χ0) is 14.8. The van der Waals surface area contributed by atoms with Crippen molar-refractivity contribution in [3.63, 3.8) is 0 Å². The average molecular weight is 296 g/mol. The van der Waals surface area contributed by atoms with Crippen LogP contribution in [0.1, 0.15) is 38.3 Å². The van der Waals surface area contributed by atoms with Crippen molar-refractivity contribution < 1.29 is 4.52 Å². The number of aryl methyl sites for hydroxylation is 1. The van der Waals surface area contributed by atoms with Crippen LogP contribution in [0.2, 0.25) is 0 Å². The van der Waals surface area contributed by atoms with Crippen molar-refractivity contribution in [3.05, 3.63) is 17.5 Å². The first-order valence-corrected chi connectivity index (χ1v) is 7.46. The molecule has 0 bridgehead atoms. The fourth-order valence-corrected chi connectivity index (χ4v) is 2.45. The molecule has 20 heavy (non-hydrogen) atoms. The third-order valence-electron chi connectivity index (χ3n) is 2.72. The van der Waals surface area contributed by atoms with E-state index in [2.05, 4.69) is 41.1 Å². The molecule has 7 nitrogen and oxygen atoms in total. The number of aromatic nitrogens is 5. The maximum atomic E-state index is 5.59. The summed E-state index contributed by atoms with van der Waals surface area (Å²) in [5.74, 6) is 2.75. The lowest BCUT2D eigenvalue weighted by atomic mass is 9.96. The van der Waals surface area contributed by atoms with Gasteiger partial charge in [-0.3, -0.25) is 0 Å². The molecule has 0 spiro atoms. The second-order valence-corrected chi connectivity index (χ2v) is 6.46. The Morgan fingerprint density at radius 3 is 2.65 bits per heavy atom. The van der Waals surface area contributed by atoms with Gasteiger partial charge in [0.25, 0.3) is 0 Å². The molecule has 8 heteroatoms. The Balaban J connectivity index is 2.04. The van der Waals surface area contributed by atoms with Crippen LogP contribution in [0.3, 0.4) is 0 Å². The molecule has 0 atom stereocenters. The molecule has 2 aromatic rings. The molecule has 0 fully saturated rings. The second kappa shape index (κ2) is 5.92. The number of thioether (sulfide) groups is 1. The summed E-state index contributed by atoms with van der Waals surface area (Å²) in [6, 6.07) is 0. The fourth-order valence-electron chi connectivity index (χ4n) is 1.60. The van der Waals surface area contributed by atoms with Crippen molar-refractivity contribution in [3.8, 4) is 0 Å². The summed E-state index contributed by atoms with van der Waals surface area (Å²) in [6.45, 7) is 9.33. The van der Waals surface area contributed by atoms with Gasteiger partial charge in [-0.15, -0.1) is 10.2 Å². The van der Waals surface area contributed by atoms with Gasteiger partial charge in [-0.05, 0) is 6.92 Å². The standard InChI is InChI=1S/C12H20N6OS/c1-8-15-16-11(18(8)6-5-13)20-7-9-14-10(17-19-9)12(2,3)4/h5-7,13H2,1-4H3. The third-order valence-corrected chi connectivity index (χ3v) is 3.67. The lowest BCUT2D eigenvalue weighted by Crippen LogP contribution is -2.13. The average Bonchev–Trinajstić information content (AvgIpc) is 2.96. The number of rotatable bonds is 5. The highest BCUT2D eigenvalue weighted by Crippen LogP contribution is 2.23. The molecule has 0 saturated heterocycles. The molecular formula is C12H20N6OS. The van der Waals surface area contributed by atoms with E-state index in [1.54, 1.807) is 0 Å². The highest BCUT2D eigenvalue weighted by atomic mass is 32.2. The maximum absolute atomic E-state index is 5.59. The molecule has 0 saturated carbocycles. The van der Waals surface area contributed by atoms with E-state index >= 15 is 0 Å². The second-order valence-electron chi connectivity index (χ2n) is 5.52. The normalized spacial score (nSPS) is 12.1. The van der Waals surface area contributed by atoms with E-state index in [-0.39, 0.29) is 5.41 Å². The van der Waals surface area contributed by atoms with Gasteiger partial charge >= 0.3 is 0 Å². The van der Waals surface area contributed by atoms with Gasteiger partial charge in [0.1, 0.15) is 5.82 Å². The number of hydrogen-bond acceptors (Lipinski definition) is 7. The van der Waals surface area contributed by atoms with Crippen molar-refractivity contribution in [2.24, 2.45) is 5.73 Å². The first-order valence-electron chi connectivity index (χ1n) is 6.47. The summed E-state index contributed by atoms with van der Waals surface area (Å²) in [6.07, 6.45) is 0. The molecule has 2 aromatic heterocycles. The quantitative estimate of drug-likeness (QED) is 0.835. The topological polar surface area (TPSA) is 95.6 Å². The zero-order valence-corrected chi connectivity index (χ0v) is 13.1. The predicted octanol–water partition coefficient (Wildman–Crippen LogP) is 1.52. The van der Waals surface area contributed by atoms with E-state index in [4.69, 9.17) is 10.3 Å². The molecule has 110 valence electrons. The van der Waals surface area contributed by atoms with E-state index in [0.717, 1.165) is 11.0 Å². The van der Waals surface area contributed by atoms with Gasteiger partial charge in [-0.2, -0.15) is 4.98 Å². The third kappa shape index (κ3) is 3.37. The molecule has 0 aromatic carbocycles. The van der Waals surface area contributed by atoms with E-state index in [1.807, 2.05) is 11.5 Å². The van der Waals surface area contributed by atoms with Crippen molar-refractivity contribution in [2.45, 2.75) is 50.6 Å². The van der Waals surface area contributed by atoms with Gasteiger partial charge in [0.05, 0.1) is 5.75 Å². The molecule has 0 radical (unpaired) electrons. The van der Waals surface area contributed by atoms with Gasteiger partial charge < -0.3 is 14.8 Å². The van der Waals surface area contributed by atoms with Crippen LogP contribution in [0.4, 0.5) is 0 Å². The lowest BCUT2D eigenvalue weighted by molar-refractivity contribution is 0.372. The molecule has 0 aliphatic rings. The Labute approximate surface area is 122 Å². The highest BCUT2D eigenvalue weighted by Gasteiger charge is 2.21. The SMILES string of the molecule is Cc1nnc(SCc2nc(C(C)(C)C)no2)n1CCN. The summed E-state index contributed by atoms with van der Waals surface area (Å²) < 4.78 is 7.25.